The minimum absolute atomic E-state index is 0.0513. The Morgan fingerprint density at radius 1 is 0.695 bits per heavy atom. The van der Waals surface area contributed by atoms with Crippen molar-refractivity contribution in [1.82, 2.24) is 39.2 Å². The number of aromatic nitrogens is 8. The first-order valence-electron chi connectivity index (χ1n) is 17.4. The fourth-order valence-corrected chi connectivity index (χ4v) is 6.48. The van der Waals surface area contributed by atoms with Gasteiger partial charge in [-0.05, 0) is 55.5 Å². The van der Waals surface area contributed by atoms with Crippen LogP contribution in [0.25, 0.3) is 33.8 Å². The number of aryl methyl sites for hydroxylation is 1. The van der Waals surface area contributed by atoms with Crippen molar-refractivity contribution in [2.75, 3.05) is 10.6 Å². The van der Waals surface area contributed by atoms with Crippen LogP contribution in [-0.4, -0.2) is 51.0 Å². The second-order valence-corrected chi connectivity index (χ2v) is 13.1. The van der Waals surface area contributed by atoms with Gasteiger partial charge in [-0.2, -0.15) is 36.5 Å². The molecule has 0 aliphatic heterocycles. The average Bonchev–Trinajstić information content (AvgIpc) is 3.83. The van der Waals surface area contributed by atoms with Crippen LogP contribution in [0.15, 0.2) is 110 Å². The highest BCUT2D eigenvalue weighted by Gasteiger charge is 2.35. The van der Waals surface area contributed by atoms with Crippen molar-refractivity contribution < 1.29 is 40.3 Å². The Morgan fingerprint density at radius 3 is 2.02 bits per heavy atom. The molecule has 0 saturated heterocycles. The van der Waals surface area contributed by atoms with Crippen LogP contribution >= 0.6 is 0 Å². The van der Waals surface area contributed by atoms with E-state index in [1.807, 2.05) is 0 Å². The van der Waals surface area contributed by atoms with Crippen LogP contribution in [0, 0.1) is 12.7 Å². The van der Waals surface area contributed by atoms with Crippen LogP contribution in [0.3, 0.4) is 0 Å². The molecule has 0 aliphatic carbocycles. The van der Waals surface area contributed by atoms with Crippen molar-refractivity contribution in [3.63, 3.8) is 0 Å². The zero-order chi connectivity index (χ0) is 41.6. The number of alkyl halides is 6. The van der Waals surface area contributed by atoms with Crippen LogP contribution in [0.2, 0.25) is 0 Å². The maximum absolute atomic E-state index is 14.4. The van der Waals surface area contributed by atoms with Gasteiger partial charge in [0.25, 0.3) is 11.8 Å². The summed E-state index contributed by atoms with van der Waals surface area (Å²) in [4.78, 5) is 43.8. The van der Waals surface area contributed by atoms with Gasteiger partial charge in [0.2, 0.25) is 0 Å². The third-order valence-electron chi connectivity index (χ3n) is 9.04. The van der Waals surface area contributed by atoms with Gasteiger partial charge >= 0.3 is 12.4 Å². The van der Waals surface area contributed by atoms with E-state index in [1.54, 1.807) is 13.0 Å². The lowest BCUT2D eigenvalue weighted by Crippen LogP contribution is -2.17. The number of benzene rings is 2. The maximum atomic E-state index is 14.4. The van der Waals surface area contributed by atoms with Crippen LogP contribution < -0.4 is 10.6 Å². The lowest BCUT2D eigenvalue weighted by molar-refractivity contribution is -0.137. The molecule has 0 fully saturated rings. The Hall–Kier alpha value is -7.57. The van der Waals surface area contributed by atoms with Crippen molar-refractivity contribution in [2.45, 2.75) is 25.7 Å². The third-order valence-corrected chi connectivity index (χ3v) is 9.04. The number of rotatable bonds is 8. The summed E-state index contributed by atoms with van der Waals surface area (Å²) in [7, 11) is 0. The Morgan fingerprint density at radius 2 is 1.32 bits per heavy atom. The third kappa shape index (κ3) is 7.64. The molecule has 19 heteroatoms. The first kappa shape index (κ1) is 38.3. The first-order chi connectivity index (χ1) is 28.1. The number of nitrogens with zero attached hydrogens (tertiary/aromatic N) is 8. The summed E-state index contributed by atoms with van der Waals surface area (Å²) in [6.45, 7) is 1.64. The summed E-state index contributed by atoms with van der Waals surface area (Å²) in [5.74, 6) is -2.40. The Kier molecular flexibility index (Phi) is 9.57. The summed E-state index contributed by atoms with van der Waals surface area (Å²) in [6.07, 6.45) is -5.00. The van der Waals surface area contributed by atoms with E-state index in [2.05, 4.69) is 40.8 Å². The molecule has 0 bridgehead atoms. The number of hydrogen-bond acceptors (Lipinski definition) is 8. The number of pyridine rings is 2. The molecule has 0 spiro atoms. The van der Waals surface area contributed by atoms with Gasteiger partial charge in [0.1, 0.15) is 0 Å². The molecule has 0 atom stereocenters. The van der Waals surface area contributed by atoms with E-state index >= 15 is 0 Å². The monoisotopic (exact) mass is 810 g/mol. The van der Waals surface area contributed by atoms with Gasteiger partial charge in [0.05, 0.1) is 46.8 Å². The molecule has 6 aromatic heterocycles. The van der Waals surface area contributed by atoms with Crippen molar-refractivity contribution in [1.29, 1.82) is 0 Å². The van der Waals surface area contributed by atoms with Crippen molar-refractivity contribution in [2.24, 2.45) is 0 Å². The molecule has 2 aromatic carbocycles. The summed E-state index contributed by atoms with van der Waals surface area (Å²) in [5.41, 5.74) is -1.58. The molecular weight excluding hydrogens is 785 g/mol. The molecule has 12 nitrogen and oxygen atoms in total. The summed E-state index contributed by atoms with van der Waals surface area (Å²) < 4.78 is 101. The fraction of sp³-hybridized carbons (Fsp3) is 0.100. The average molecular weight is 811 g/mol. The maximum Gasteiger partial charge on any atom is 0.417 e. The fourth-order valence-electron chi connectivity index (χ4n) is 6.48. The quantitative estimate of drug-likeness (QED) is 0.146. The van der Waals surface area contributed by atoms with Crippen molar-refractivity contribution in [3.8, 4) is 22.5 Å². The van der Waals surface area contributed by atoms with E-state index in [1.165, 1.54) is 79.1 Å². The molecule has 59 heavy (non-hydrogen) atoms. The highest BCUT2D eigenvalue weighted by molar-refractivity contribution is 6.04. The number of amides is 2. The zero-order valence-electron chi connectivity index (χ0n) is 30.1. The second-order valence-electron chi connectivity index (χ2n) is 13.1. The summed E-state index contributed by atoms with van der Waals surface area (Å²) in [6, 6.07) is 18.1. The van der Waals surface area contributed by atoms with E-state index in [9.17, 15) is 40.3 Å². The number of carbonyl (C=O) groups is 2. The van der Waals surface area contributed by atoms with Crippen LogP contribution in [0.4, 0.5) is 42.1 Å². The van der Waals surface area contributed by atoms with E-state index in [4.69, 9.17) is 0 Å². The van der Waals surface area contributed by atoms with Gasteiger partial charge in [-0.15, -0.1) is 0 Å². The molecule has 6 heterocycles. The lowest BCUT2D eigenvalue weighted by Gasteiger charge is -2.15. The van der Waals surface area contributed by atoms with Crippen molar-refractivity contribution >= 4 is 34.5 Å². The van der Waals surface area contributed by atoms with Gasteiger partial charge < -0.3 is 10.6 Å². The molecule has 0 unspecified atom stereocenters. The number of nitrogens with one attached hydrogen (secondary N) is 2. The Labute approximate surface area is 327 Å². The van der Waals surface area contributed by atoms with Gasteiger partial charge in [0, 0.05) is 46.4 Å². The topological polar surface area (TPSA) is 144 Å². The largest absolute Gasteiger partial charge is 0.417 e. The molecule has 0 aliphatic rings. The number of carbonyl (C=O) groups excluding carboxylic acids is 2. The van der Waals surface area contributed by atoms with Gasteiger partial charge in [-0.1, -0.05) is 36.4 Å². The molecule has 0 saturated carbocycles. The second kappa shape index (κ2) is 14.7. The Balaban J connectivity index is 1.15. The highest BCUT2D eigenvalue weighted by Crippen LogP contribution is 2.38. The molecule has 0 radical (unpaired) electrons. The lowest BCUT2D eigenvalue weighted by atomic mass is 10.0. The minimum Gasteiger partial charge on any atom is -0.320 e. The van der Waals surface area contributed by atoms with Crippen LogP contribution in [0.1, 0.15) is 49.1 Å². The first-order valence-corrected chi connectivity index (χ1v) is 17.4. The Bertz CT molecular complexity index is 2940. The smallest absolute Gasteiger partial charge is 0.320 e. The predicted molar refractivity (Wildman–Crippen MR) is 199 cm³/mol. The van der Waals surface area contributed by atoms with Gasteiger partial charge in [0.15, 0.2) is 28.5 Å². The minimum atomic E-state index is -4.77. The number of halogens is 7. The van der Waals surface area contributed by atoms with Gasteiger partial charge in [-0.3, -0.25) is 19.6 Å². The molecule has 2 N–H and O–H groups in total. The number of hydrogen-bond donors (Lipinski definition) is 2. The van der Waals surface area contributed by atoms with Crippen LogP contribution in [-0.2, 0) is 18.8 Å². The van der Waals surface area contributed by atoms with Gasteiger partial charge in [-0.25, -0.2) is 23.4 Å². The summed E-state index contributed by atoms with van der Waals surface area (Å²) in [5, 5.41) is 13.8. The highest BCUT2D eigenvalue weighted by atomic mass is 19.4. The molecule has 8 aromatic rings. The van der Waals surface area contributed by atoms with Crippen LogP contribution in [0.5, 0.6) is 0 Å². The molecule has 8 rings (SSSR count). The predicted octanol–water partition coefficient (Wildman–Crippen LogP) is 8.48. The molecule has 2 amide bonds. The number of fused-ring (bicyclic) bond motifs is 2. The normalized spacial score (nSPS) is 11.9. The number of imidazole rings is 2. The van der Waals surface area contributed by atoms with E-state index in [0.29, 0.717) is 11.4 Å². The summed E-state index contributed by atoms with van der Waals surface area (Å²) >= 11 is 0. The number of anilines is 2. The van der Waals surface area contributed by atoms with E-state index in [0.717, 1.165) is 33.6 Å². The van der Waals surface area contributed by atoms with Crippen molar-refractivity contribution in [3.05, 3.63) is 155 Å². The zero-order valence-corrected chi connectivity index (χ0v) is 30.1. The standard InChI is InChI=1S/C40H25F7N10O2/c1-21-14-23(52-37(58)33-19-49-35-11-10-30(54-56(33)35)25-6-2-4-8-27(25)39(42,43)44)17-24(51-21)15-22-16-32(26-7-3-5-9-28(26)40(45,46)47)55-57-34(20-50-36(22)57)38(59)53-31-12-13-48-18-29(31)41/h2-14,16-20H,15H2,1H3,(H,48,53,59)(H,51,52,58). The van der Waals surface area contributed by atoms with E-state index < -0.39 is 41.1 Å². The van der Waals surface area contributed by atoms with E-state index in [-0.39, 0.29) is 68.6 Å². The molecular formula is C40H25F7N10O2. The molecule has 296 valence electrons. The SMILES string of the molecule is Cc1cc(NC(=O)c2cnc3ccc(-c4ccccc4C(F)(F)F)nn23)cc(Cc2cc(-c3ccccc3C(F)(F)F)nn3c(C(=O)Nc4ccncc4F)cnc23)n1.